The van der Waals surface area contributed by atoms with Gasteiger partial charge >= 0.3 is 0 Å². The highest BCUT2D eigenvalue weighted by molar-refractivity contribution is 5.79. The Morgan fingerprint density at radius 1 is 1.09 bits per heavy atom. The van der Waals surface area contributed by atoms with Crippen LogP contribution in [0, 0.1) is 0 Å². The summed E-state index contributed by atoms with van der Waals surface area (Å²) in [5, 5.41) is 3.38. The molecular formula is C19H33N3O. The van der Waals surface area contributed by atoms with Gasteiger partial charge in [-0.1, -0.05) is 31.2 Å². The van der Waals surface area contributed by atoms with Crippen LogP contribution in [0.4, 0.5) is 0 Å². The SMILES string of the molecule is CCNC(=NCCCCCOC)N(C)Cc1ccc(CC)cc1. The van der Waals surface area contributed by atoms with Crippen LogP contribution in [0.1, 0.15) is 44.2 Å². The summed E-state index contributed by atoms with van der Waals surface area (Å²) in [6.07, 6.45) is 4.47. The topological polar surface area (TPSA) is 36.9 Å². The van der Waals surface area contributed by atoms with Crippen LogP contribution >= 0.6 is 0 Å². The predicted octanol–water partition coefficient (Wildman–Crippen LogP) is 3.46. The maximum atomic E-state index is 5.07. The van der Waals surface area contributed by atoms with Gasteiger partial charge in [0.15, 0.2) is 5.96 Å². The zero-order chi connectivity index (χ0) is 16.9. The molecule has 0 saturated heterocycles. The van der Waals surface area contributed by atoms with E-state index in [1.807, 2.05) is 0 Å². The van der Waals surface area contributed by atoms with Crippen LogP contribution in [0.25, 0.3) is 0 Å². The van der Waals surface area contributed by atoms with Gasteiger partial charge in [-0.15, -0.1) is 0 Å². The van der Waals surface area contributed by atoms with Crippen molar-refractivity contribution >= 4 is 5.96 Å². The Hall–Kier alpha value is -1.55. The molecule has 4 heteroatoms. The zero-order valence-corrected chi connectivity index (χ0v) is 15.3. The summed E-state index contributed by atoms with van der Waals surface area (Å²) >= 11 is 0. The van der Waals surface area contributed by atoms with Crippen molar-refractivity contribution in [1.82, 2.24) is 10.2 Å². The lowest BCUT2D eigenvalue weighted by Gasteiger charge is -2.22. The zero-order valence-electron chi connectivity index (χ0n) is 15.3. The van der Waals surface area contributed by atoms with Crippen LogP contribution in [0.15, 0.2) is 29.3 Å². The minimum absolute atomic E-state index is 0.845. The molecule has 0 spiro atoms. The maximum absolute atomic E-state index is 5.07. The third-order valence-electron chi connectivity index (χ3n) is 3.82. The number of aliphatic imine (C=N–C) groups is 1. The first-order valence-electron chi connectivity index (χ1n) is 8.77. The molecule has 1 rings (SSSR count). The average Bonchev–Trinajstić information content (AvgIpc) is 2.57. The molecule has 1 N–H and O–H groups in total. The number of guanidine groups is 1. The second kappa shape index (κ2) is 11.9. The van der Waals surface area contributed by atoms with Crippen LogP contribution in [-0.2, 0) is 17.7 Å². The molecule has 0 amide bonds. The number of hydrogen-bond donors (Lipinski definition) is 1. The fourth-order valence-corrected chi connectivity index (χ4v) is 2.42. The first-order chi connectivity index (χ1) is 11.2. The second-order valence-corrected chi connectivity index (χ2v) is 5.82. The molecule has 0 unspecified atom stereocenters. The van der Waals surface area contributed by atoms with Gasteiger partial charge in [0.05, 0.1) is 0 Å². The molecule has 0 atom stereocenters. The number of aryl methyl sites for hydroxylation is 1. The Kier molecular flexibility index (Phi) is 10.1. The molecule has 23 heavy (non-hydrogen) atoms. The lowest BCUT2D eigenvalue weighted by atomic mass is 10.1. The number of ether oxygens (including phenoxy) is 1. The van der Waals surface area contributed by atoms with Gasteiger partial charge in [0, 0.05) is 40.4 Å². The maximum Gasteiger partial charge on any atom is 0.193 e. The Morgan fingerprint density at radius 3 is 2.39 bits per heavy atom. The number of nitrogens with zero attached hydrogens (tertiary/aromatic N) is 2. The molecule has 0 aliphatic rings. The quantitative estimate of drug-likeness (QED) is 0.408. The van der Waals surface area contributed by atoms with E-state index in [1.165, 1.54) is 17.5 Å². The van der Waals surface area contributed by atoms with Gasteiger partial charge in [-0.3, -0.25) is 4.99 Å². The van der Waals surface area contributed by atoms with E-state index in [-0.39, 0.29) is 0 Å². The smallest absolute Gasteiger partial charge is 0.193 e. The lowest BCUT2D eigenvalue weighted by Crippen LogP contribution is -2.38. The third kappa shape index (κ3) is 8.03. The molecule has 0 radical (unpaired) electrons. The fourth-order valence-electron chi connectivity index (χ4n) is 2.42. The lowest BCUT2D eigenvalue weighted by molar-refractivity contribution is 0.192. The molecule has 0 heterocycles. The largest absolute Gasteiger partial charge is 0.385 e. The van der Waals surface area contributed by atoms with Crippen molar-refractivity contribution < 1.29 is 4.74 Å². The highest BCUT2D eigenvalue weighted by Crippen LogP contribution is 2.07. The van der Waals surface area contributed by atoms with Crippen molar-refractivity contribution in [3.05, 3.63) is 35.4 Å². The van der Waals surface area contributed by atoms with E-state index < -0.39 is 0 Å². The summed E-state index contributed by atoms with van der Waals surface area (Å²) in [7, 11) is 3.85. The van der Waals surface area contributed by atoms with Crippen LogP contribution in [0.3, 0.4) is 0 Å². The molecule has 0 aromatic heterocycles. The normalized spacial score (nSPS) is 11.6. The van der Waals surface area contributed by atoms with Crippen LogP contribution in [-0.4, -0.2) is 44.7 Å². The van der Waals surface area contributed by atoms with E-state index in [1.54, 1.807) is 7.11 Å². The first kappa shape index (κ1) is 19.5. The highest BCUT2D eigenvalue weighted by atomic mass is 16.5. The van der Waals surface area contributed by atoms with Gasteiger partial charge < -0.3 is 15.0 Å². The van der Waals surface area contributed by atoms with E-state index in [2.05, 4.69) is 55.4 Å². The summed E-state index contributed by atoms with van der Waals surface area (Å²) < 4.78 is 5.07. The predicted molar refractivity (Wildman–Crippen MR) is 99.0 cm³/mol. The summed E-state index contributed by atoms with van der Waals surface area (Å²) in [6.45, 7) is 7.77. The Balaban J connectivity index is 2.49. The minimum Gasteiger partial charge on any atom is -0.385 e. The number of benzene rings is 1. The number of hydrogen-bond acceptors (Lipinski definition) is 2. The second-order valence-electron chi connectivity index (χ2n) is 5.82. The van der Waals surface area contributed by atoms with E-state index >= 15 is 0 Å². The van der Waals surface area contributed by atoms with Gasteiger partial charge in [0.25, 0.3) is 0 Å². The molecule has 130 valence electrons. The van der Waals surface area contributed by atoms with E-state index in [4.69, 9.17) is 9.73 Å². The molecule has 4 nitrogen and oxygen atoms in total. The van der Waals surface area contributed by atoms with Crippen molar-refractivity contribution in [3.63, 3.8) is 0 Å². The molecule has 0 bridgehead atoms. The van der Waals surface area contributed by atoms with Gasteiger partial charge in [0.2, 0.25) is 0 Å². The molecule has 0 aliphatic heterocycles. The van der Waals surface area contributed by atoms with Crippen molar-refractivity contribution in [3.8, 4) is 0 Å². The van der Waals surface area contributed by atoms with E-state index in [0.717, 1.165) is 51.5 Å². The average molecular weight is 319 g/mol. The molecular weight excluding hydrogens is 286 g/mol. The van der Waals surface area contributed by atoms with Crippen molar-refractivity contribution in [2.24, 2.45) is 4.99 Å². The molecule has 1 aromatic carbocycles. The fraction of sp³-hybridized carbons (Fsp3) is 0.632. The van der Waals surface area contributed by atoms with Gasteiger partial charge in [-0.05, 0) is 43.7 Å². The monoisotopic (exact) mass is 319 g/mol. The van der Waals surface area contributed by atoms with Gasteiger partial charge in [0.1, 0.15) is 0 Å². The van der Waals surface area contributed by atoms with E-state index in [0.29, 0.717) is 0 Å². The molecule has 0 aliphatic carbocycles. The van der Waals surface area contributed by atoms with Gasteiger partial charge in [-0.2, -0.15) is 0 Å². The molecule has 0 fully saturated rings. The summed E-state index contributed by atoms with van der Waals surface area (Å²) in [6, 6.07) is 8.85. The summed E-state index contributed by atoms with van der Waals surface area (Å²) in [4.78, 5) is 6.93. The summed E-state index contributed by atoms with van der Waals surface area (Å²) in [5.41, 5.74) is 2.70. The molecule has 1 aromatic rings. The number of methoxy groups -OCH3 is 1. The highest BCUT2D eigenvalue weighted by Gasteiger charge is 2.06. The van der Waals surface area contributed by atoms with Gasteiger partial charge in [-0.25, -0.2) is 0 Å². The van der Waals surface area contributed by atoms with E-state index in [9.17, 15) is 0 Å². The Morgan fingerprint density at radius 2 is 1.78 bits per heavy atom. The number of rotatable bonds is 10. The van der Waals surface area contributed by atoms with Crippen molar-refractivity contribution in [2.45, 2.75) is 46.1 Å². The summed E-state index contributed by atoms with van der Waals surface area (Å²) in [5.74, 6) is 0.985. The first-order valence-corrected chi connectivity index (χ1v) is 8.77. The molecule has 0 saturated carbocycles. The number of nitrogens with one attached hydrogen (secondary N) is 1. The minimum atomic E-state index is 0.845. The Labute approximate surface area is 141 Å². The van der Waals surface area contributed by atoms with Crippen LogP contribution < -0.4 is 5.32 Å². The van der Waals surface area contributed by atoms with Crippen molar-refractivity contribution in [1.29, 1.82) is 0 Å². The van der Waals surface area contributed by atoms with Crippen LogP contribution in [0.5, 0.6) is 0 Å². The van der Waals surface area contributed by atoms with Crippen molar-refractivity contribution in [2.75, 3.05) is 33.9 Å². The Bertz CT molecular complexity index is 442. The third-order valence-corrected chi connectivity index (χ3v) is 3.82. The standard InChI is InChI=1S/C19H33N3O/c1-5-17-10-12-18(13-11-17)16-22(3)19(20-6-2)21-14-8-7-9-15-23-4/h10-13H,5-9,14-16H2,1-4H3,(H,20,21). The van der Waals surface area contributed by atoms with Crippen LogP contribution in [0.2, 0.25) is 0 Å². The number of unbranched alkanes of at least 4 members (excludes halogenated alkanes) is 2.